The molecule has 0 spiro atoms. The second kappa shape index (κ2) is 6.25. The first kappa shape index (κ1) is 13.4. The van der Waals surface area contributed by atoms with Gasteiger partial charge in [0.25, 0.3) is 0 Å². The highest BCUT2D eigenvalue weighted by Gasteiger charge is 2.09. The average Bonchev–Trinajstić information content (AvgIpc) is 2.40. The van der Waals surface area contributed by atoms with Gasteiger partial charge in [0, 0.05) is 24.5 Å². The van der Waals surface area contributed by atoms with Gasteiger partial charge in [0.15, 0.2) is 5.78 Å². The lowest BCUT2D eigenvalue weighted by molar-refractivity contribution is 0.0943. The normalized spacial score (nSPS) is 10.7. The molecule has 2 rings (SSSR count). The van der Waals surface area contributed by atoms with Crippen LogP contribution in [0.25, 0.3) is 0 Å². The van der Waals surface area contributed by atoms with Crippen LogP contribution in [0.4, 0.5) is 0 Å². The predicted octanol–water partition coefficient (Wildman–Crippen LogP) is 2.70. The molecular weight excluding hydrogens is 236 g/mol. The van der Waals surface area contributed by atoms with Crippen LogP contribution in [0, 0.1) is 6.92 Å². The van der Waals surface area contributed by atoms with Gasteiger partial charge in [-0.05, 0) is 25.6 Å². The Morgan fingerprint density at radius 3 is 2.58 bits per heavy atom. The molecule has 0 fully saturated rings. The van der Waals surface area contributed by atoms with Crippen molar-refractivity contribution in [3.8, 4) is 0 Å². The van der Waals surface area contributed by atoms with Gasteiger partial charge in [0.2, 0.25) is 0 Å². The van der Waals surface area contributed by atoms with Gasteiger partial charge >= 0.3 is 0 Å². The number of pyridine rings is 1. The second-order valence-corrected chi connectivity index (χ2v) is 4.82. The highest BCUT2D eigenvalue weighted by Crippen LogP contribution is 2.06. The van der Waals surface area contributed by atoms with Crippen LogP contribution in [0.5, 0.6) is 0 Å². The first-order valence-electron chi connectivity index (χ1n) is 6.32. The zero-order valence-electron chi connectivity index (χ0n) is 11.3. The molecule has 0 saturated carbocycles. The number of aryl methyl sites for hydroxylation is 1. The number of likely N-dealkylation sites (N-methyl/N-ethyl adjacent to an activating group) is 1. The van der Waals surface area contributed by atoms with Crippen molar-refractivity contribution in [2.24, 2.45) is 0 Å². The summed E-state index contributed by atoms with van der Waals surface area (Å²) in [6.07, 6.45) is 3.58. The number of ketones is 1. The largest absolute Gasteiger partial charge is 0.295 e. The van der Waals surface area contributed by atoms with Gasteiger partial charge in [0.05, 0.1) is 6.54 Å². The van der Waals surface area contributed by atoms with Crippen LogP contribution in [-0.4, -0.2) is 29.3 Å². The molecule has 98 valence electrons. The van der Waals surface area contributed by atoms with Crippen LogP contribution in [0.3, 0.4) is 0 Å². The van der Waals surface area contributed by atoms with E-state index < -0.39 is 0 Å². The minimum absolute atomic E-state index is 0.145. The number of rotatable bonds is 5. The third-order valence-corrected chi connectivity index (χ3v) is 2.96. The minimum Gasteiger partial charge on any atom is -0.295 e. The van der Waals surface area contributed by atoms with E-state index in [0.29, 0.717) is 6.54 Å². The van der Waals surface area contributed by atoms with Crippen molar-refractivity contribution in [3.05, 3.63) is 65.5 Å². The van der Waals surface area contributed by atoms with Crippen LogP contribution in [0.1, 0.15) is 21.5 Å². The van der Waals surface area contributed by atoms with E-state index in [1.54, 1.807) is 6.20 Å². The first-order valence-corrected chi connectivity index (χ1v) is 6.32. The summed E-state index contributed by atoms with van der Waals surface area (Å²) in [7, 11) is 1.94. The summed E-state index contributed by atoms with van der Waals surface area (Å²) in [4.78, 5) is 18.2. The lowest BCUT2D eigenvalue weighted by Gasteiger charge is -2.15. The number of Topliss-reactive ketones (excluding diaryl/α,β-unsaturated/α-hetero) is 1. The highest BCUT2D eigenvalue weighted by atomic mass is 16.1. The van der Waals surface area contributed by atoms with Gasteiger partial charge in [0.1, 0.15) is 0 Å². The number of hydrogen-bond acceptors (Lipinski definition) is 3. The maximum Gasteiger partial charge on any atom is 0.176 e. The molecule has 0 aliphatic heterocycles. The lowest BCUT2D eigenvalue weighted by atomic mass is 10.1. The topological polar surface area (TPSA) is 33.2 Å². The van der Waals surface area contributed by atoms with E-state index in [2.05, 4.69) is 4.98 Å². The molecule has 0 N–H and O–H groups in total. The number of aromatic nitrogens is 1. The summed E-state index contributed by atoms with van der Waals surface area (Å²) in [5, 5.41) is 0. The Labute approximate surface area is 113 Å². The summed E-state index contributed by atoms with van der Waals surface area (Å²) in [6.45, 7) is 3.16. The average molecular weight is 254 g/mol. The molecule has 1 aromatic carbocycles. The zero-order chi connectivity index (χ0) is 13.7. The molecule has 1 heterocycles. The standard InChI is InChI=1S/C16H18N2O/c1-13-5-7-15(8-6-13)16(19)12-18(2)11-14-4-3-9-17-10-14/h3-10H,11-12H2,1-2H3. The van der Waals surface area contributed by atoms with E-state index in [1.807, 2.05) is 61.5 Å². The quantitative estimate of drug-likeness (QED) is 0.769. The van der Waals surface area contributed by atoms with Crippen molar-refractivity contribution in [2.45, 2.75) is 13.5 Å². The molecule has 0 bridgehead atoms. The van der Waals surface area contributed by atoms with E-state index >= 15 is 0 Å². The molecule has 0 atom stereocenters. The molecule has 0 aliphatic rings. The molecule has 2 aromatic rings. The Hall–Kier alpha value is -2.00. The Morgan fingerprint density at radius 2 is 1.95 bits per heavy atom. The molecule has 0 aliphatic carbocycles. The summed E-state index contributed by atoms with van der Waals surface area (Å²) in [5.74, 6) is 0.145. The van der Waals surface area contributed by atoms with Crippen LogP contribution in [0.2, 0.25) is 0 Å². The Kier molecular flexibility index (Phi) is 4.42. The maximum atomic E-state index is 12.1. The lowest BCUT2D eigenvalue weighted by Crippen LogP contribution is -2.25. The minimum atomic E-state index is 0.145. The summed E-state index contributed by atoms with van der Waals surface area (Å²) < 4.78 is 0. The monoisotopic (exact) mass is 254 g/mol. The van der Waals surface area contributed by atoms with Crippen molar-refractivity contribution in [1.29, 1.82) is 0 Å². The van der Waals surface area contributed by atoms with Gasteiger partial charge in [-0.15, -0.1) is 0 Å². The van der Waals surface area contributed by atoms with Gasteiger partial charge in [-0.1, -0.05) is 35.9 Å². The summed E-state index contributed by atoms with van der Waals surface area (Å²) >= 11 is 0. The van der Waals surface area contributed by atoms with E-state index in [0.717, 1.165) is 17.7 Å². The fourth-order valence-electron chi connectivity index (χ4n) is 1.94. The van der Waals surface area contributed by atoms with E-state index in [4.69, 9.17) is 0 Å². The van der Waals surface area contributed by atoms with E-state index in [-0.39, 0.29) is 5.78 Å². The maximum absolute atomic E-state index is 12.1. The molecule has 0 unspecified atom stereocenters. The van der Waals surface area contributed by atoms with Gasteiger partial charge in [-0.3, -0.25) is 14.7 Å². The molecule has 1 aromatic heterocycles. The van der Waals surface area contributed by atoms with Crippen molar-refractivity contribution < 1.29 is 4.79 Å². The Balaban J connectivity index is 1.93. The van der Waals surface area contributed by atoms with E-state index in [9.17, 15) is 4.79 Å². The van der Waals surface area contributed by atoms with Crippen LogP contribution in [0.15, 0.2) is 48.8 Å². The number of benzene rings is 1. The molecule has 3 heteroatoms. The van der Waals surface area contributed by atoms with Crippen LogP contribution >= 0.6 is 0 Å². The third kappa shape index (κ3) is 4.00. The van der Waals surface area contributed by atoms with Crippen LogP contribution in [-0.2, 0) is 6.54 Å². The fraction of sp³-hybridized carbons (Fsp3) is 0.250. The molecule has 0 radical (unpaired) electrons. The zero-order valence-corrected chi connectivity index (χ0v) is 11.3. The fourth-order valence-corrected chi connectivity index (χ4v) is 1.94. The van der Waals surface area contributed by atoms with Gasteiger partial charge in [-0.2, -0.15) is 0 Å². The predicted molar refractivity (Wildman–Crippen MR) is 76.1 cm³/mol. The van der Waals surface area contributed by atoms with Gasteiger partial charge in [-0.25, -0.2) is 0 Å². The number of carbonyl (C=O) groups is 1. The molecule has 3 nitrogen and oxygen atoms in total. The summed E-state index contributed by atoms with van der Waals surface area (Å²) in [6, 6.07) is 11.6. The Morgan fingerprint density at radius 1 is 1.21 bits per heavy atom. The van der Waals surface area contributed by atoms with Crippen molar-refractivity contribution in [2.75, 3.05) is 13.6 Å². The van der Waals surface area contributed by atoms with Crippen molar-refractivity contribution >= 4 is 5.78 Å². The SMILES string of the molecule is Cc1ccc(C(=O)CN(C)Cc2cccnc2)cc1. The molecule has 0 saturated heterocycles. The van der Waals surface area contributed by atoms with Crippen LogP contribution < -0.4 is 0 Å². The second-order valence-electron chi connectivity index (χ2n) is 4.82. The van der Waals surface area contributed by atoms with Crippen molar-refractivity contribution in [1.82, 2.24) is 9.88 Å². The first-order chi connectivity index (χ1) is 9.15. The van der Waals surface area contributed by atoms with Gasteiger partial charge < -0.3 is 0 Å². The Bertz CT molecular complexity index is 534. The summed E-state index contributed by atoms with van der Waals surface area (Å²) in [5.41, 5.74) is 3.05. The molecule has 19 heavy (non-hydrogen) atoms. The van der Waals surface area contributed by atoms with Crippen molar-refractivity contribution in [3.63, 3.8) is 0 Å². The number of hydrogen-bond donors (Lipinski definition) is 0. The highest BCUT2D eigenvalue weighted by molar-refractivity contribution is 5.97. The molecule has 0 amide bonds. The number of carbonyl (C=O) groups excluding carboxylic acids is 1. The third-order valence-electron chi connectivity index (χ3n) is 2.96. The van der Waals surface area contributed by atoms with E-state index in [1.165, 1.54) is 5.56 Å². The smallest absolute Gasteiger partial charge is 0.176 e. The number of nitrogens with zero attached hydrogens (tertiary/aromatic N) is 2. The molecular formula is C16H18N2O.